The number of halogens is 3. The Balaban J connectivity index is 1.49. The number of nitrogens with zero attached hydrogens (tertiary/aromatic N) is 3. The number of likely N-dealkylation sites (tertiary alicyclic amines) is 2. The number of carbonyl (C=O) groups excluding carboxylic acids is 1. The Morgan fingerprint density at radius 2 is 1.74 bits per heavy atom. The van der Waals surface area contributed by atoms with Crippen LogP contribution in [0.3, 0.4) is 0 Å². The van der Waals surface area contributed by atoms with Crippen molar-refractivity contribution in [3.8, 4) is 0 Å². The lowest BCUT2D eigenvalue weighted by Gasteiger charge is -2.39. The van der Waals surface area contributed by atoms with Crippen molar-refractivity contribution in [3.05, 3.63) is 52.7 Å². The van der Waals surface area contributed by atoms with Crippen LogP contribution in [0.15, 0.2) is 41.6 Å². The van der Waals surface area contributed by atoms with Gasteiger partial charge in [0.25, 0.3) is 5.91 Å². The van der Waals surface area contributed by atoms with Crippen LogP contribution in [-0.2, 0) is 11.0 Å². The van der Waals surface area contributed by atoms with Gasteiger partial charge in [0.2, 0.25) is 0 Å². The number of likely N-dealkylation sites (N-methyl/N-ethyl adjacent to an activating group) is 1. The summed E-state index contributed by atoms with van der Waals surface area (Å²) in [6.45, 7) is 6.14. The SMILES string of the molecule is CC1=C(C(=O)N2CCC(N3CCCC3)CC2)N(C)CC(c2cccc(C(F)(F)F)c2)=C1. The predicted molar refractivity (Wildman–Crippen MR) is 115 cm³/mol. The van der Waals surface area contributed by atoms with E-state index in [1.54, 1.807) is 6.07 Å². The number of hydrogen-bond donors (Lipinski definition) is 0. The average molecular weight is 434 g/mol. The quantitative estimate of drug-likeness (QED) is 0.707. The molecule has 0 atom stereocenters. The first-order valence-corrected chi connectivity index (χ1v) is 11.1. The van der Waals surface area contributed by atoms with E-state index in [0.717, 1.165) is 43.1 Å². The summed E-state index contributed by atoms with van der Waals surface area (Å²) < 4.78 is 39.3. The monoisotopic (exact) mass is 433 g/mol. The van der Waals surface area contributed by atoms with Gasteiger partial charge in [-0.3, -0.25) is 4.79 Å². The Kier molecular flexibility index (Phi) is 6.15. The lowest BCUT2D eigenvalue weighted by atomic mass is 9.96. The summed E-state index contributed by atoms with van der Waals surface area (Å²) in [6, 6.07) is 5.97. The first kappa shape index (κ1) is 21.9. The van der Waals surface area contributed by atoms with Gasteiger partial charge in [-0.15, -0.1) is 0 Å². The maximum Gasteiger partial charge on any atom is 0.416 e. The van der Waals surface area contributed by atoms with Crippen molar-refractivity contribution in [1.29, 1.82) is 0 Å². The largest absolute Gasteiger partial charge is 0.416 e. The fourth-order valence-corrected chi connectivity index (χ4v) is 5.10. The van der Waals surface area contributed by atoms with Crippen molar-refractivity contribution in [2.45, 2.75) is 44.8 Å². The molecular weight excluding hydrogens is 403 g/mol. The van der Waals surface area contributed by atoms with Gasteiger partial charge in [0.15, 0.2) is 0 Å². The molecule has 0 N–H and O–H groups in total. The molecule has 0 radical (unpaired) electrons. The van der Waals surface area contributed by atoms with Gasteiger partial charge in [0.05, 0.1) is 5.56 Å². The number of benzene rings is 1. The van der Waals surface area contributed by atoms with Crippen LogP contribution in [0.4, 0.5) is 13.2 Å². The zero-order chi connectivity index (χ0) is 22.2. The van der Waals surface area contributed by atoms with Gasteiger partial charge in [-0.2, -0.15) is 13.2 Å². The van der Waals surface area contributed by atoms with E-state index in [-0.39, 0.29) is 5.91 Å². The zero-order valence-corrected chi connectivity index (χ0v) is 18.2. The average Bonchev–Trinajstić information content (AvgIpc) is 3.27. The highest BCUT2D eigenvalue weighted by Crippen LogP contribution is 2.33. The Morgan fingerprint density at radius 1 is 1.06 bits per heavy atom. The molecule has 168 valence electrons. The molecule has 0 aromatic heterocycles. The fraction of sp³-hybridized carbons (Fsp3) is 0.542. The molecule has 2 saturated heterocycles. The van der Waals surface area contributed by atoms with Crippen LogP contribution in [0.2, 0.25) is 0 Å². The molecule has 3 aliphatic heterocycles. The summed E-state index contributed by atoms with van der Waals surface area (Å²) in [6.07, 6.45) is 2.05. The van der Waals surface area contributed by atoms with E-state index >= 15 is 0 Å². The van der Waals surface area contributed by atoms with Crippen molar-refractivity contribution < 1.29 is 18.0 Å². The highest BCUT2D eigenvalue weighted by molar-refractivity contribution is 5.95. The Hall–Kier alpha value is -2.28. The molecular formula is C24H30F3N3O. The Bertz CT molecular complexity index is 892. The zero-order valence-electron chi connectivity index (χ0n) is 18.2. The fourth-order valence-electron chi connectivity index (χ4n) is 5.10. The van der Waals surface area contributed by atoms with Crippen molar-refractivity contribution in [2.75, 3.05) is 39.8 Å². The summed E-state index contributed by atoms with van der Waals surface area (Å²) in [5.41, 5.74) is 2.12. The molecule has 0 aliphatic carbocycles. The third-order valence-electron chi connectivity index (χ3n) is 6.73. The molecule has 0 bridgehead atoms. The molecule has 1 aromatic carbocycles. The maximum atomic E-state index is 13.3. The number of allylic oxidation sites excluding steroid dienone is 2. The van der Waals surface area contributed by atoms with E-state index in [2.05, 4.69) is 4.90 Å². The highest BCUT2D eigenvalue weighted by Gasteiger charge is 2.33. The standard InChI is InChI=1S/C24H30F3N3O/c1-17-14-19(18-6-5-7-20(15-18)24(25,26)27)16-28(2)22(17)23(31)30-12-8-21(9-13-30)29-10-3-4-11-29/h5-7,14-15,21H,3-4,8-13,16H2,1-2H3. The molecule has 0 spiro atoms. The lowest BCUT2D eigenvalue weighted by Crippen LogP contribution is -2.48. The van der Waals surface area contributed by atoms with Crippen molar-refractivity contribution in [1.82, 2.24) is 14.7 Å². The van der Waals surface area contributed by atoms with Crippen LogP contribution < -0.4 is 0 Å². The molecule has 0 saturated carbocycles. The van der Waals surface area contributed by atoms with E-state index in [0.29, 0.717) is 23.8 Å². The lowest BCUT2D eigenvalue weighted by molar-refractivity contribution is -0.137. The van der Waals surface area contributed by atoms with Crippen LogP contribution in [0, 0.1) is 0 Å². The summed E-state index contributed by atoms with van der Waals surface area (Å²) >= 11 is 0. The molecule has 0 unspecified atom stereocenters. The minimum Gasteiger partial charge on any atom is -0.366 e. The van der Waals surface area contributed by atoms with Gasteiger partial charge in [0.1, 0.15) is 5.70 Å². The Labute approximate surface area is 182 Å². The van der Waals surface area contributed by atoms with Crippen molar-refractivity contribution in [2.24, 2.45) is 0 Å². The summed E-state index contributed by atoms with van der Waals surface area (Å²) in [5.74, 6) is 0.0271. The Morgan fingerprint density at radius 3 is 2.35 bits per heavy atom. The smallest absolute Gasteiger partial charge is 0.366 e. The van der Waals surface area contributed by atoms with Gasteiger partial charge >= 0.3 is 6.18 Å². The number of alkyl halides is 3. The normalized spacial score (nSPS) is 21.6. The van der Waals surface area contributed by atoms with Crippen LogP contribution in [-0.4, -0.2) is 66.4 Å². The molecule has 3 heterocycles. The molecule has 2 fully saturated rings. The second-order valence-electron chi connectivity index (χ2n) is 8.90. The minimum absolute atomic E-state index is 0.0271. The first-order chi connectivity index (χ1) is 14.7. The van der Waals surface area contributed by atoms with Gasteiger partial charge in [0, 0.05) is 32.7 Å². The summed E-state index contributed by atoms with van der Waals surface area (Å²) in [4.78, 5) is 19.6. The molecule has 31 heavy (non-hydrogen) atoms. The molecule has 1 amide bonds. The van der Waals surface area contributed by atoms with E-state index < -0.39 is 11.7 Å². The van der Waals surface area contributed by atoms with Gasteiger partial charge in [-0.25, -0.2) is 0 Å². The van der Waals surface area contributed by atoms with E-state index in [4.69, 9.17) is 0 Å². The molecule has 3 aliphatic rings. The molecule has 7 heteroatoms. The van der Waals surface area contributed by atoms with Crippen LogP contribution in [0.1, 0.15) is 43.7 Å². The first-order valence-electron chi connectivity index (χ1n) is 11.1. The second-order valence-corrected chi connectivity index (χ2v) is 8.90. The van der Waals surface area contributed by atoms with Crippen LogP contribution in [0.25, 0.3) is 5.57 Å². The number of piperidine rings is 1. The van der Waals surface area contributed by atoms with E-state index in [1.807, 2.05) is 29.8 Å². The minimum atomic E-state index is -4.37. The molecule has 4 rings (SSSR count). The van der Waals surface area contributed by atoms with Gasteiger partial charge < -0.3 is 14.7 Å². The predicted octanol–water partition coefficient (Wildman–Crippen LogP) is 4.40. The third kappa shape index (κ3) is 4.66. The molecule has 1 aromatic rings. The van der Waals surface area contributed by atoms with Gasteiger partial charge in [-0.1, -0.05) is 18.2 Å². The van der Waals surface area contributed by atoms with Crippen molar-refractivity contribution in [3.63, 3.8) is 0 Å². The summed E-state index contributed by atoms with van der Waals surface area (Å²) in [7, 11) is 1.84. The number of amides is 1. The van der Waals surface area contributed by atoms with E-state index in [1.165, 1.54) is 38.1 Å². The van der Waals surface area contributed by atoms with Crippen LogP contribution in [0.5, 0.6) is 0 Å². The second kappa shape index (κ2) is 8.69. The topological polar surface area (TPSA) is 26.8 Å². The summed E-state index contributed by atoms with van der Waals surface area (Å²) in [5, 5.41) is 0. The molecule has 4 nitrogen and oxygen atoms in total. The maximum absolute atomic E-state index is 13.3. The highest BCUT2D eigenvalue weighted by atomic mass is 19.4. The number of carbonyl (C=O) groups is 1. The van der Waals surface area contributed by atoms with E-state index in [9.17, 15) is 18.0 Å². The van der Waals surface area contributed by atoms with Crippen molar-refractivity contribution >= 4 is 11.5 Å². The number of rotatable bonds is 3. The third-order valence-corrected chi connectivity index (χ3v) is 6.73. The van der Waals surface area contributed by atoms with Crippen LogP contribution >= 0.6 is 0 Å². The van der Waals surface area contributed by atoms with Gasteiger partial charge in [-0.05, 0) is 74.5 Å². The number of hydrogen-bond acceptors (Lipinski definition) is 3.